The Morgan fingerprint density at radius 3 is 2.37 bits per heavy atom. The first-order chi connectivity index (χ1) is 8.70. The van der Waals surface area contributed by atoms with E-state index in [4.69, 9.17) is 5.41 Å². The summed E-state index contributed by atoms with van der Waals surface area (Å²) in [4.78, 5) is 22.0. The van der Waals surface area contributed by atoms with Crippen molar-refractivity contribution in [2.24, 2.45) is 0 Å². The molecular formula is C11H15F3N2O3. The van der Waals surface area contributed by atoms with Crippen LogP contribution in [-0.4, -0.2) is 36.8 Å². The van der Waals surface area contributed by atoms with Crippen LogP contribution in [0.4, 0.5) is 13.2 Å². The summed E-state index contributed by atoms with van der Waals surface area (Å²) in [7, 11) is 0. The zero-order chi connectivity index (χ0) is 15.1. The fourth-order valence-electron chi connectivity index (χ4n) is 1.02. The average Bonchev–Trinajstić information content (AvgIpc) is 2.26. The molecule has 8 heteroatoms. The molecule has 0 radical (unpaired) electrons. The molecular weight excluding hydrogens is 265 g/mol. The number of carbonyl (C=O) groups is 2. The molecule has 0 aromatic rings. The lowest BCUT2D eigenvalue weighted by molar-refractivity contribution is -0.138. The maximum absolute atomic E-state index is 12.4. The summed E-state index contributed by atoms with van der Waals surface area (Å²) in [6.07, 6.45) is -4.09. The lowest BCUT2D eigenvalue weighted by atomic mass is 10.1. The summed E-state index contributed by atoms with van der Waals surface area (Å²) in [5.41, 5.74) is -2.71. The van der Waals surface area contributed by atoms with Crippen LogP contribution < -0.4 is 5.32 Å². The molecule has 5 nitrogen and oxygen atoms in total. The number of hydrogen-bond acceptors (Lipinski definition) is 5. The molecule has 108 valence electrons. The fourth-order valence-corrected chi connectivity index (χ4v) is 1.02. The van der Waals surface area contributed by atoms with Crippen molar-refractivity contribution in [2.75, 3.05) is 13.2 Å². The van der Waals surface area contributed by atoms with Crippen LogP contribution in [0, 0.1) is 5.41 Å². The summed E-state index contributed by atoms with van der Waals surface area (Å²) in [6, 6.07) is 0. The highest BCUT2D eigenvalue weighted by Gasteiger charge is 2.39. The van der Waals surface area contributed by atoms with Gasteiger partial charge in [0.1, 0.15) is 11.4 Å². The van der Waals surface area contributed by atoms with Gasteiger partial charge in [-0.15, -0.1) is 0 Å². The molecule has 0 aromatic heterocycles. The summed E-state index contributed by atoms with van der Waals surface area (Å²) in [6.45, 7) is 2.74. The Morgan fingerprint density at radius 1 is 1.37 bits per heavy atom. The Morgan fingerprint density at radius 2 is 1.95 bits per heavy atom. The van der Waals surface area contributed by atoms with E-state index in [9.17, 15) is 22.8 Å². The van der Waals surface area contributed by atoms with Crippen LogP contribution in [0.3, 0.4) is 0 Å². The highest BCUT2D eigenvalue weighted by Crippen LogP contribution is 2.21. The Kier molecular flexibility index (Phi) is 6.81. The molecule has 0 aromatic carbocycles. The molecule has 0 saturated heterocycles. The van der Waals surface area contributed by atoms with E-state index < -0.39 is 23.4 Å². The van der Waals surface area contributed by atoms with Crippen molar-refractivity contribution >= 4 is 17.5 Å². The Labute approximate surface area is 108 Å². The number of esters is 1. The number of alkyl halides is 3. The van der Waals surface area contributed by atoms with Gasteiger partial charge < -0.3 is 10.1 Å². The Bertz CT molecular complexity index is 389. The molecule has 0 fully saturated rings. The smallest absolute Gasteiger partial charge is 0.433 e. The number of hydrogen-bond donors (Lipinski definition) is 2. The predicted octanol–water partition coefficient (Wildman–Crippen LogP) is 1.58. The highest BCUT2D eigenvalue weighted by atomic mass is 19.4. The van der Waals surface area contributed by atoms with Crippen molar-refractivity contribution in [1.29, 1.82) is 5.41 Å². The van der Waals surface area contributed by atoms with Gasteiger partial charge in [-0.05, 0) is 13.8 Å². The summed E-state index contributed by atoms with van der Waals surface area (Å²) in [5.74, 6) is -1.38. The second-order valence-electron chi connectivity index (χ2n) is 3.56. The molecule has 0 aliphatic rings. The highest BCUT2D eigenvalue weighted by molar-refractivity contribution is 6.20. The largest absolute Gasteiger partial charge is 0.462 e. The van der Waals surface area contributed by atoms with E-state index in [1.807, 2.05) is 0 Å². The van der Waals surface area contributed by atoms with Gasteiger partial charge in [-0.2, -0.15) is 13.2 Å². The van der Waals surface area contributed by atoms with E-state index in [1.54, 1.807) is 0 Å². The zero-order valence-corrected chi connectivity index (χ0v) is 10.6. The fraction of sp³-hybridized carbons (Fsp3) is 0.545. The molecule has 0 aliphatic heterocycles. The van der Waals surface area contributed by atoms with Crippen LogP contribution in [0.15, 0.2) is 11.8 Å². The Hall–Kier alpha value is -1.86. The molecule has 0 aliphatic carbocycles. The summed E-state index contributed by atoms with van der Waals surface area (Å²) >= 11 is 0. The minimum Gasteiger partial charge on any atom is -0.462 e. The van der Waals surface area contributed by atoms with Crippen molar-refractivity contribution in [3.63, 3.8) is 0 Å². The second-order valence-corrected chi connectivity index (χ2v) is 3.56. The third-order valence-electron chi connectivity index (χ3n) is 1.92. The quantitative estimate of drug-likeness (QED) is 0.321. The second kappa shape index (κ2) is 7.55. The van der Waals surface area contributed by atoms with Gasteiger partial charge in [0, 0.05) is 19.2 Å². The number of Topliss-reactive ketones (excluding diaryl/α,β-unsaturated/α-hetero) is 1. The third kappa shape index (κ3) is 6.58. The normalized spacial score (nSPS) is 11.9. The summed E-state index contributed by atoms with van der Waals surface area (Å²) < 4.78 is 41.6. The Balaban J connectivity index is 4.86. The van der Waals surface area contributed by atoms with Crippen LogP contribution in [0.2, 0.25) is 0 Å². The SMILES string of the molecule is CCOC(=O)/C(=C/NCCC(C)=O)C(=N)C(F)(F)F. The third-order valence-corrected chi connectivity index (χ3v) is 1.92. The average molecular weight is 280 g/mol. The van der Waals surface area contributed by atoms with E-state index in [1.165, 1.54) is 13.8 Å². The van der Waals surface area contributed by atoms with Gasteiger partial charge in [0.05, 0.1) is 6.61 Å². The van der Waals surface area contributed by atoms with Gasteiger partial charge in [-0.1, -0.05) is 0 Å². The van der Waals surface area contributed by atoms with Crippen LogP contribution in [-0.2, 0) is 14.3 Å². The molecule has 0 unspecified atom stereocenters. The molecule has 0 rings (SSSR count). The monoisotopic (exact) mass is 280 g/mol. The lowest BCUT2D eigenvalue weighted by Crippen LogP contribution is -2.30. The first kappa shape index (κ1) is 17.1. The van der Waals surface area contributed by atoms with E-state index in [0.29, 0.717) is 0 Å². The molecule has 2 N–H and O–H groups in total. The topological polar surface area (TPSA) is 79.2 Å². The number of nitrogens with one attached hydrogen (secondary N) is 2. The number of halogens is 3. The van der Waals surface area contributed by atoms with Crippen LogP contribution >= 0.6 is 0 Å². The number of ether oxygens (including phenoxy) is 1. The first-order valence-corrected chi connectivity index (χ1v) is 5.46. The molecule has 19 heavy (non-hydrogen) atoms. The van der Waals surface area contributed by atoms with Gasteiger partial charge >= 0.3 is 12.1 Å². The molecule has 0 spiro atoms. The van der Waals surface area contributed by atoms with Crippen LogP contribution in [0.5, 0.6) is 0 Å². The van der Waals surface area contributed by atoms with Gasteiger partial charge in [0.15, 0.2) is 5.71 Å². The van der Waals surface area contributed by atoms with Crippen LogP contribution in [0.25, 0.3) is 0 Å². The van der Waals surface area contributed by atoms with Gasteiger partial charge in [0.25, 0.3) is 0 Å². The molecule has 0 saturated carbocycles. The van der Waals surface area contributed by atoms with Crippen molar-refractivity contribution in [3.8, 4) is 0 Å². The van der Waals surface area contributed by atoms with Gasteiger partial charge in [0.2, 0.25) is 0 Å². The van der Waals surface area contributed by atoms with Gasteiger partial charge in [-0.25, -0.2) is 4.79 Å². The lowest BCUT2D eigenvalue weighted by Gasteiger charge is -2.11. The van der Waals surface area contributed by atoms with Crippen LogP contribution in [0.1, 0.15) is 20.3 Å². The van der Waals surface area contributed by atoms with Gasteiger partial charge in [-0.3, -0.25) is 10.2 Å². The van der Waals surface area contributed by atoms with E-state index >= 15 is 0 Å². The minimum atomic E-state index is -4.94. The van der Waals surface area contributed by atoms with Crippen molar-refractivity contribution < 1.29 is 27.5 Å². The number of carbonyl (C=O) groups excluding carboxylic acids is 2. The maximum Gasteiger partial charge on any atom is 0.433 e. The van der Waals surface area contributed by atoms with Crippen molar-refractivity contribution in [2.45, 2.75) is 26.4 Å². The van der Waals surface area contributed by atoms with E-state index in [2.05, 4.69) is 10.1 Å². The zero-order valence-electron chi connectivity index (χ0n) is 10.6. The molecule has 0 heterocycles. The minimum absolute atomic E-state index is 0.0728. The standard InChI is InChI=1S/C11H15F3N2O3/c1-3-19-10(18)8(9(15)11(12,13)14)6-16-5-4-7(2)17/h6,15-16H,3-5H2,1-2H3/b8-6+,15-9?. The molecule has 0 amide bonds. The van der Waals surface area contributed by atoms with Crippen molar-refractivity contribution in [3.05, 3.63) is 11.8 Å². The molecule has 0 atom stereocenters. The van der Waals surface area contributed by atoms with E-state index in [0.717, 1.165) is 6.20 Å². The molecule has 0 bridgehead atoms. The van der Waals surface area contributed by atoms with E-state index in [-0.39, 0.29) is 25.4 Å². The first-order valence-electron chi connectivity index (χ1n) is 5.46. The summed E-state index contributed by atoms with van der Waals surface area (Å²) in [5, 5.41) is 9.31. The maximum atomic E-state index is 12.4. The van der Waals surface area contributed by atoms with Crippen molar-refractivity contribution in [1.82, 2.24) is 5.32 Å². The number of rotatable bonds is 7. The number of ketones is 1. The predicted molar refractivity (Wildman–Crippen MR) is 61.8 cm³/mol.